The molecular weight excluding hydrogens is 240 g/mol. The Morgan fingerprint density at radius 1 is 1.26 bits per heavy atom. The first-order valence-electron chi connectivity index (χ1n) is 6.43. The number of aromatic nitrogens is 1. The molecule has 0 aliphatic heterocycles. The Balaban J connectivity index is 2.04. The second-order valence-electron chi connectivity index (χ2n) is 4.34. The average molecular weight is 258 g/mol. The van der Waals surface area contributed by atoms with Crippen molar-refractivity contribution >= 4 is 22.7 Å². The van der Waals surface area contributed by atoms with Crippen LogP contribution in [-0.2, 0) is 9.53 Å². The summed E-state index contributed by atoms with van der Waals surface area (Å²) in [4.78, 5) is 17.9. The highest BCUT2D eigenvalue weighted by Crippen LogP contribution is 2.17. The summed E-state index contributed by atoms with van der Waals surface area (Å²) in [5.74, 6) is 0.693. The fourth-order valence-electron chi connectivity index (χ4n) is 1.87. The molecule has 0 spiro atoms. The van der Waals surface area contributed by atoms with Gasteiger partial charge in [-0.25, -0.2) is 4.98 Å². The number of pyridine rings is 1. The summed E-state index contributed by atoms with van der Waals surface area (Å²) in [6.45, 7) is 2.84. The van der Waals surface area contributed by atoms with E-state index in [9.17, 15) is 4.79 Å². The van der Waals surface area contributed by atoms with E-state index >= 15 is 0 Å². The predicted octanol–water partition coefficient (Wildman–Crippen LogP) is 2.62. The number of hydrogen-bond acceptors (Lipinski definition) is 4. The number of benzene rings is 1. The standard InChI is InChI=1S/C15H18N2O2/c1-3-19-15(18)10-11-17(2)14-9-8-12-6-4-5-7-13(12)16-14/h4-9H,3,10-11H2,1-2H3. The van der Waals surface area contributed by atoms with E-state index in [0.29, 0.717) is 19.6 Å². The van der Waals surface area contributed by atoms with Crippen molar-refractivity contribution in [3.05, 3.63) is 36.4 Å². The second kappa shape index (κ2) is 6.18. The first kappa shape index (κ1) is 13.3. The smallest absolute Gasteiger partial charge is 0.307 e. The van der Waals surface area contributed by atoms with Crippen molar-refractivity contribution in [3.8, 4) is 0 Å². The molecule has 0 amide bonds. The predicted molar refractivity (Wildman–Crippen MR) is 76.3 cm³/mol. The van der Waals surface area contributed by atoms with Crippen LogP contribution in [0.25, 0.3) is 10.9 Å². The average Bonchev–Trinajstić information content (AvgIpc) is 2.44. The lowest BCUT2D eigenvalue weighted by Gasteiger charge is -2.17. The molecule has 1 heterocycles. The Hall–Kier alpha value is -2.10. The Bertz CT molecular complexity index is 569. The highest BCUT2D eigenvalue weighted by atomic mass is 16.5. The van der Waals surface area contributed by atoms with E-state index in [4.69, 9.17) is 4.74 Å². The molecule has 0 unspecified atom stereocenters. The summed E-state index contributed by atoms with van der Waals surface area (Å²) < 4.78 is 4.91. The van der Waals surface area contributed by atoms with Gasteiger partial charge < -0.3 is 9.64 Å². The maximum Gasteiger partial charge on any atom is 0.307 e. The van der Waals surface area contributed by atoms with Crippen LogP contribution in [0, 0.1) is 0 Å². The van der Waals surface area contributed by atoms with Crippen LogP contribution in [0.3, 0.4) is 0 Å². The molecular formula is C15H18N2O2. The van der Waals surface area contributed by atoms with E-state index in [1.165, 1.54) is 0 Å². The van der Waals surface area contributed by atoms with E-state index in [-0.39, 0.29) is 5.97 Å². The van der Waals surface area contributed by atoms with E-state index in [1.54, 1.807) is 0 Å². The monoisotopic (exact) mass is 258 g/mol. The number of para-hydroxylation sites is 1. The lowest BCUT2D eigenvalue weighted by molar-refractivity contribution is -0.142. The van der Waals surface area contributed by atoms with Crippen molar-refractivity contribution in [3.63, 3.8) is 0 Å². The summed E-state index contributed by atoms with van der Waals surface area (Å²) in [7, 11) is 1.93. The molecule has 4 heteroatoms. The fourth-order valence-corrected chi connectivity index (χ4v) is 1.87. The Morgan fingerprint density at radius 2 is 2.05 bits per heavy atom. The first-order chi connectivity index (χ1) is 9.20. The van der Waals surface area contributed by atoms with Crippen molar-refractivity contribution < 1.29 is 9.53 Å². The SMILES string of the molecule is CCOC(=O)CCN(C)c1ccc2ccccc2n1. The van der Waals surface area contributed by atoms with Gasteiger partial charge in [-0.2, -0.15) is 0 Å². The lowest BCUT2D eigenvalue weighted by atomic mass is 10.2. The molecule has 0 N–H and O–H groups in total. The molecule has 100 valence electrons. The Labute approximate surface area is 113 Å². The zero-order valence-electron chi connectivity index (χ0n) is 11.3. The minimum atomic E-state index is -0.171. The van der Waals surface area contributed by atoms with Gasteiger partial charge in [0.25, 0.3) is 0 Å². The topological polar surface area (TPSA) is 42.4 Å². The van der Waals surface area contributed by atoms with E-state index < -0.39 is 0 Å². The number of hydrogen-bond donors (Lipinski definition) is 0. The van der Waals surface area contributed by atoms with Crippen molar-refractivity contribution in [1.29, 1.82) is 0 Å². The van der Waals surface area contributed by atoms with E-state index in [1.807, 2.05) is 55.3 Å². The van der Waals surface area contributed by atoms with Gasteiger partial charge >= 0.3 is 5.97 Å². The van der Waals surface area contributed by atoms with Gasteiger partial charge in [0, 0.05) is 19.0 Å². The van der Waals surface area contributed by atoms with Gasteiger partial charge in [0.15, 0.2) is 0 Å². The van der Waals surface area contributed by atoms with Gasteiger partial charge in [-0.15, -0.1) is 0 Å². The number of rotatable bonds is 5. The lowest BCUT2D eigenvalue weighted by Crippen LogP contribution is -2.22. The minimum Gasteiger partial charge on any atom is -0.466 e. The van der Waals surface area contributed by atoms with Crippen LogP contribution in [0.2, 0.25) is 0 Å². The van der Waals surface area contributed by atoms with Crippen LogP contribution in [0.15, 0.2) is 36.4 Å². The molecule has 0 radical (unpaired) electrons. The zero-order chi connectivity index (χ0) is 13.7. The molecule has 1 aromatic carbocycles. The third-order valence-corrected chi connectivity index (χ3v) is 2.93. The minimum absolute atomic E-state index is 0.171. The van der Waals surface area contributed by atoms with Crippen LogP contribution in [0.1, 0.15) is 13.3 Å². The quantitative estimate of drug-likeness (QED) is 0.773. The number of nitrogens with zero attached hydrogens (tertiary/aromatic N) is 2. The number of ether oxygens (including phenoxy) is 1. The maximum absolute atomic E-state index is 11.3. The molecule has 0 saturated heterocycles. The molecule has 0 atom stereocenters. The molecule has 0 bridgehead atoms. The van der Waals surface area contributed by atoms with Gasteiger partial charge in [-0.05, 0) is 25.1 Å². The molecule has 2 aromatic rings. The third kappa shape index (κ3) is 3.44. The summed E-state index contributed by atoms with van der Waals surface area (Å²) in [6, 6.07) is 12.0. The van der Waals surface area contributed by atoms with Crippen LogP contribution in [-0.4, -0.2) is 31.2 Å². The highest BCUT2D eigenvalue weighted by Gasteiger charge is 2.07. The number of esters is 1. The van der Waals surface area contributed by atoms with Gasteiger partial charge in [0.1, 0.15) is 5.82 Å². The van der Waals surface area contributed by atoms with Crippen molar-refractivity contribution in [1.82, 2.24) is 4.98 Å². The van der Waals surface area contributed by atoms with Crippen molar-refractivity contribution in [2.45, 2.75) is 13.3 Å². The van der Waals surface area contributed by atoms with Crippen molar-refractivity contribution in [2.75, 3.05) is 25.1 Å². The second-order valence-corrected chi connectivity index (χ2v) is 4.34. The molecule has 19 heavy (non-hydrogen) atoms. The number of carbonyl (C=O) groups is 1. The molecule has 0 fully saturated rings. The van der Waals surface area contributed by atoms with Crippen LogP contribution >= 0.6 is 0 Å². The molecule has 0 saturated carbocycles. The van der Waals surface area contributed by atoms with E-state index in [0.717, 1.165) is 16.7 Å². The number of anilines is 1. The first-order valence-corrected chi connectivity index (χ1v) is 6.43. The van der Waals surface area contributed by atoms with Crippen LogP contribution < -0.4 is 4.90 Å². The van der Waals surface area contributed by atoms with Gasteiger partial charge in [-0.3, -0.25) is 4.79 Å². The van der Waals surface area contributed by atoms with Crippen LogP contribution in [0.4, 0.5) is 5.82 Å². The largest absolute Gasteiger partial charge is 0.466 e. The van der Waals surface area contributed by atoms with Crippen LogP contribution in [0.5, 0.6) is 0 Å². The summed E-state index contributed by atoms with van der Waals surface area (Å²) >= 11 is 0. The van der Waals surface area contributed by atoms with Gasteiger partial charge in [0.2, 0.25) is 0 Å². The summed E-state index contributed by atoms with van der Waals surface area (Å²) in [5, 5.41) is 1.12. The molecule has 1 aromatic heterocycles. The normalized spacial score (nSPS) is 10.4. The Morgan fingerprint density at radius 3 is 2.84 bits per heavy atom. The molecule has 0 aliphatic rings. The number of fused-ring (bicyclic) bond motifs is 1. The fraction of sp³-hybridized carbons (Fsp3) is 0.333. The van der Waals surface area contributed by atoms with Gasteiger partial charge in [-0.1, -0.05) is 18.2 Å². The highest BCUT2D eigenvalue weighted by molar-refractivity contribution is 5.80. The molecule has 4 nitrogen and oxygen atoms in total. The summed E-state index contributed by atoms with van der Waals surface area (Å²) in [5.41, 5.74) is 0.961. The number of carbonyl (C=O) groups excluding carboxylic acids is 1. The zero-order valence-corrected chi connectivity index (χ0v) is 11.3. The third-order valence-electron chi connectivity index (χ3n) is 2.93. The molecule has 0 aliphatic carbocycles. The summed E-state index contributed by atoms with van der Waals surface area (Å²) in [6.07, 6.45) is 0.374. The Kier molecular flexibility index (Phi) is 4.34. The maximum atomic E-state index is 11.3. The van der Waals surface area contributed by atoms with Crippen molar-refractivity contribution in [2.24, 2.45) is 0 Å². The van der Waals surface area contributed by atoms with E-state index in [2.05, 4.69) is 4.98 Å². The molecule has 2 rings (SSSR count). The van der Waals surface area contributed by atoms with Gasteiger partial charge in [0.05, 0.1) is 18.5 Å².